The minimum absolute atomic E-state index is 0.0672. The number of pyridine rings is 1. The first kappa shape index (κ1) is 20.1. The van der Waals surface area contributed by atoms with Crippen LogP contribution >= 0.6 is 11.3 Å². The maximum Gasteiger partial charge on any atom is 0.243 e. The summed E-state index contributed by atoms with van der Waals surface area (Å²) in [7, 11) is -4.00. The lowest BCUT2D eigenvalue weighted by Crippen LogP contribution is -2.31. The molecule has 2 N–H and O–H groups in total. The predicted octanol–water partition coefficient (Wildman–Crippen LogP) is 2.93. The monoisotopic (exact) mass is 419 g/mol. The Bertz CT molecular complexity index is 1050. The highest BCUT2D eigenvalue weighted by Crippen LogP contribution is 2.25. The molecular formula is C19H18FN3O3S2. The van der Waals surface area contributed by atoms with Gasteiger partial charge in [-0.05, 0) is 35.2 Å². The van der Waals surface area contributed by atoms with Crippen LogP contribution in [-0.4, -0.2) is 25.9 Å². The Morgan fingerprint density at radius 2 is 1.93 bits per heavy atom. The van der Waals surface area contributed by atoms with Gasteiger partial charge in [-0.25, -0.2) is 17.5 Å². The lowest BCUT2D eigenvalue weighted by Gasteiger charge is -2.10. The second-order valence-corrected chi connectivity index (χ2v) is 8.53. The Labute approximate surface area is 166 Å². The van der Waals surface area contributed by atoms with E-state index in [2.05, 4.69) is 15.0 Å². The van der Waals surface area contributed by atoms with E-state index in [0.29, 0.717) is 0 Å². The molecule has 9 heteroatoms. The van der Waals surface area contributed by atoms with Crippen molar-refractivity contribution in [2.24, 2.45) is 0 Å². The topological polar surface area (TPSA) is 88.2 Å². The summed E-state index contributed by atoms with van der Waals surface area (Å²) in [5.74, 6) is -1.16. The summed E-state index contributed by atoms with van der Waals surface area (Å²) in [6.45, 7) is 0.146. The first-order valence-electron chi connectivity index (χ1n) is 8.46. The second kappa shape index (κ2) is 9.05. The molecule has 2 heterocycles. The zero-order valence-electron chi connectivity index (χ0n) is 14.8. The normalized spacial score (nSPS) is 11.3. The van der Waals surface area contributed by atoms with Crippen molar-refractivity contribution in [1.82, 2.24) is 15.0 Å². The van der Waals surface area contributed by atoms with E-state index in [1.807, 2.05) is 23.6 Å². The maximum atomic E-state index is 13.6. The standard InChI is InChI=1S/C19H18FN3O3S2/c20-15-6-1-2-8-17(15)28(25,26)23-11-9-18(24)22-13-14-5-3-10-21-19(14)16-7-4-12-27-16/h1-8,10,12,23H,9,11,13H2,(H,22,24). The molecule has 0 saturated carbocycles. The molecular weight excluding hydrogens is 401 g/mol. The number of sulfonamides is 1. The fourth-order valence-corrected chi connectivity index (χ4v) is 4.40. The van der Waals surface area contributed by atoms with Gasteiger partial charge in [0.2, 0.25) is 15.9 Å². The van der Waals surface area contributed by atoms with Crippen molar-refractivity contribution in [1.29, 1.82) is 0 Å². The molecule has 0 bridgehead atoms. The van der Waals surface area contributed by atoms with E-state index in [1.165, 1.54) is 18.2 Å². The Morgan fingerprint density at radius 3 is 2.68 bits per heavy atom. The van der Waals surface area contributed by atoms with E-state index >= 15 is 0 Å². The number of hydrogen-bond acceptors (Lipinski definition) is 5. The van der Waals surface area contributed by atoms with Crippen molar-refractivity contribution in [3.8, 4) is 10.6 Å². The zero-order chi connectivity index (χ0) is 20.0. The Balaban J connectivity index is 1.53. The van der Waals surface area contributed by atoms with E-state index in [9.17, 15) is 17.6 Å². The fraction of sp³-hybridized carbons (Fsp3) is 0.158. The molecule has 6 nitrogen and oxygen atoms in total. The van der Waals surface area contributed by atoms with E-state index in [0.717, 1.165) is 22.2 Å². The molecule has 0 radical (unpaired) electrons. The molecule has 0 aliphatic heterocycles. The van der Waals surface area contributed by atoms with Crippen molar-refractivity contribution in [2.75, 3.05) is 6.54 Å². The lowest BCUT2D eigenvalue weighted by molar-refractivity contribution is -0.121. The summed E-state index contributed by atoms with van der Waals surface area (Å²) in [6.07, 6.45) is 1.63. The lowest BCUT2D eigenvalue weighted by atomic mass is 10.1. The van der Waals surface area contributed by atoms with Gasteiger partial charge in [0.15, 0.2) is 0 Å². The number of rotatable bonds is 8. The Hall–Kier alpha value is -2.62. The van der Waals surface area contributed by atoms with E-state index in [1.54, 1.807) is 23.6 Å². The molecule has 3 aromatic rings. The number of aromatic nitrogens is 1. The molecule has 0 saturated heterocycles. The molecule has 0 spiro atoms. The van der Waals surface area contributed by atoms with E-state index < -0.39 is 20.7 Å². The third kappa shape index (κ3) is 5.00. The van der Waals surface area contributed by atoms with Crippen LogP contribution in [0.15, 0.2) is 65.0 Å². The largest absolute Gasteiger partial charge is 0.352 e. The third-order valence-corrected chi connectivity index (χ3v) is 6.26. The van der Waals surface area contributed by atoms with E-state index in [4.69, 9.17) is 0 Å². The van der Waals surface area contributed by atoms with Crippen LogP contribution in [0.25, 0.3) is 10.6 Å². The maximum absolute atomic E-state index is 13.6. The summed E-state index contributed by atoms with van der Waals surface area (Å²) in [5.41, 5.74) is 1.67. The minimum Gasteiger partial charge on any atom is -0.352 e. The van der Waals surface area contributed by atoms with Crippen molar-refractivity contribution in [2.45, 2.75) is 17.9 Å². The second-order valence-electron chi connectivity index (χ2n) is 5.84. The molecule has 1 aromatic carbocycles. The van der Waals surface area contributed by atoms with Gasteiger partial charge in [-0.2, -0.15) is 0 Å². The molecule has 0 atom stereocenters. The number of amides is 1. The summed E-state index contributed by atoms with van der Waals surface area (Å²) in [5, 5.41) is 4.71. The van der Waals surface area contributed by atoms with Gasteiger partial charge in [0.1, 0.15) is 10.7 Å². The SMILES string of the molecule is O=C(CCNS(=O)(=O)c1ccccc1F)NCc1cccnc1-c1cccs1. The van der Waals surface area contributed by atoms with Crippen LogP contribution in [-0.2, 0) is 21.4 Å². The van der Waals surface area contributed by atoms with Gasteiger partial charge < -0.3 is 5.32 Å². The molecule has 1 amide bonds. The number of nitrogens with zero attached hydrogens (tertiary/aromatic N) is 1. The van der Waals surface area contributed by atoms with Crippen LogP contribution in [0, 0.1) is 5.82 Å². The zero-order valence-corrected chi connectivity index (χ0v) is 16.4. The number of benzene rings is 1. The van der Waals surface area contributed by atoms with Crippen LogP contribution in [0.5, 0.6) is 0 Å². The number of nitrogens with one attached hydrogen (secondary N) is 2. The average molecular weight is 420 g/mol. The molecule has 0 aliphatic rings. The van der Waals surface area contributed by atoms with Gasteiger partial charge in [-0.3, -0.25) is 9.78 Å². The number of carbonyl (C=O) groups is 1. The van der Waals surface area contributed by atoms with Crippen LogP contribution in [0.4, 0.5) is 4.39 Å². The minimum atomic E-state index is -4.00. The first-order chi connectivity index (χ1) is 13.5. The molecule has 0 unspecified atom stereocenters. The highest BCUT2D eigenvalue weighted by atomic mass is 32.2. The van der Waals surface area contributed by atoms with Gasteiger partial charge in [0.05, 0.1) is 10.6 Å². The van der Waals surface area contributed by atoms with Crippen molar-refractivity contribution >= 4 is 27.3 Å². The molecule has 0 fully saturated rings. The van der Waals surface area contributed by atoms with Crippen LogP contribution in [0.3, 0.4) is 0 Å². The van der Waals surface area contributed by atoms with Crippen molar-refractivity contribution in [3.05, 3.63) is 71.5 Å². The van der Waals surface area contributed by atoms with E-state index in [-0.39, 0.29) is 25.4 Å². The molecule has 28 heavy (non-hydrogen) atoms. The molecule has 146 valence electrons. The summed E-state index contributed by atoms with van der Waals surface area (Å²) in [4.78, 5) is 17.0. The molecule has 3 rings (SSSR count). The van der Waals surface area contributed by atoms with Crippen molar-refractivity contribution < 1.29 is 17.6 Å². The van der Waals surface area contributed by atoms with Gasteiger partial charge in [-0.1, -0.05) is 24.3 Å². The summed E-state index contributed by atoms with van der Waals surface area (Å²) >= 11 is 1.56. The Morgan fingerprint density at radius 1 is 1.11 bits per heavy atom. The fourth-order valence-electron chi connectivity index (χ4n) is 2.54. The highest BCUT2D eigenvalue weighted by molar-refractivity contribution is 7.89. The smallest absolute Gasteiger partial charge is 0.243 e. The highest BCUT2D eigenvalue weighted by Gasteiger charge is 2.18. The number of carbonyl (C=O) groups excluding carboxylic acids is 1. The van der Waals surface area contributed by atoms with Gasteiger partial charge in [0, 0.05) is 25.7 Å². The Kier molecular flexibility index (Phi) is 6.50. The number of hydrogen-bond donors (Lipinski definition) is 2. The average Bonchev–Trinajstić information content (AvgIpc) is 3.21. The van der Waals surface area contributed by atoms with Gasteiger partial charge in [0.25, 0.3) is 0 Å². The van der Waals surface area contributed by atoms with Crippen LogP contribution in [0.2, 0.25) is 0 Å². The summed E-state index contributed by atoms with van der Waals surface area (Å²) < 4.78 is 40.1. The van der Waals surface area contributed by atoms with Crippen molar-refractivity contribution in [3.63, 3.8) is 0 Å². The molecule has 0 aliphatic carbocycles. The molecule has 2 aromatic heterocycles. The van der Waals surface area contributed by atoms with Gasteiger partial charge >= 0.3 is 0 Å². The predicted molar refractivity (Wildman–Crippen MR) is 106 cm³/mol. The first-order valence-corrected chi connectivity index (χ1v) is 10.8. The number of halogens is 1. The quantitative estimate of drug-likeness (QED) is 0.588. The van der Waals surface area contributed by atoms with Gasteiger partial charge in [-0.15, -0.1) is 11.3 Å². The summed E-state index contributed by atoms with van der Waals surface area (Å²) in [6, 6.07) is 12.6. The third-order valence-electron chi connectivity index (χ3n) is 3.89. The van der Waals surface area contributed by atoms with Crippen LogP contribution < -0.4 is 10.0 Å². The number of thiophene rings is 1. The van der Waals surface area contributed by atoms with Crippen LogP contribution in [0.1, 0.15) is 12.0 Å².